The number of hydrogen-bond acceptors (Lipinski definition) is 1. The number of benzene rings is 1. The first-order valence-electron chi connectivity index (χ1n) is 5.00. The van der Waals surface area contributed by atoms with Crippen LogP contribution in [-0.4, -0.2) is 30.0 Å². The van der Waals surface area contributed by atoms with Gasteiger partial charge in [-0.15, -0.1) is 11.6 Å². The van der Waals surface area contributed by atoms with E-state index in [1.807, 2.05) is 24.3 Å². The monoisotopic (exact) mass is 377 g/mol. The molecule has 17 heavy (non-hydrogen) atoms. The summed E-state index contributed by atoms with van der Waals surface area (Å²) in [6.07, 6.45) is -4.19. The Morgan fingerprint density at radius 1 is 1.18 bits per heavy atom. The lowest BCUT2D eigenvalue weighted by molar-refractivity contribution is -0.146. The molecular weight excluding hydrogens is 365 g/mol. The highest BCUT2D eigenvalue weighted by Crippen LogP contribution is 2.18. The van der Waals surface area contributed by atoms with Crippen LogP contribution in [0.1, 0.15) is 5.56 Å². The minimum atomic E-state index is -4.19. The zero-order chi connectivity index (χ0) is 12.9. The fraction of sp³-hybridized carbons (Fsp3) is 0.455. The Hall–Kier alpha value is -0.0100. The maximum atomic E-state index is 12.3. The van der Waals surface area contributed by atoms with Gasteiger partial charge in [0.05, 0.1) is 6.54 Å². The van der Waals surface area contributed by atoms with Crippen molar-refractivity contribution in [2.75, 3.05) is 19.0 Å². The summed E-state index contributed by atoms with van der Waals surface area (Å²) < 4.78 is 38.0. The van der Waals surface area contributed by atoms with E-state index in [1.165, 1.54) is 4.90 Å². The van der Waals surface area contributed by atoms with Crippen molar-refractivity contribution in [3.63, 3.8) is 0 Å². The van der Waals surface area contributed by atoms with Crippen molar-refractivity contribution in [3.05, 3.63) is 33.4 Å². The first kappa shape index (κ1) is 15.0. The van der Waals surface area contributed by atoms with E-state index < -0.39 is 12.7 Å². The van der Waals surface area contributed by atoms with E-state index in [0.29, 0.717) is 0 Å². The summed E-state index contributed by atoms with van der Waals surface area (Å²) >= 11 is 7.66. The molecule has 0 aliphatic rings. The molecule has 1 aromatic rings. The molecule has 1 aromatic carbocycles. The predicted molar refractivity (Wildman–Crippen MR) is 71.2 cm³/mol. The molecule has 0 N–H and O–H groups in total. The van der Waals surface area contributed by atoms with E-state index in [-0.39, 0.29) is 19.0 Å². The Morgan fingerprint density at radius 3 is 2.24 bits per heavy atom. The van der Waals surface area contributed by atoms with Gasteiger partial charge in [-0.05, 0) is 40.3 Å². The summed E-state index contributed by atoms with van der Waals surface area (Å²) in [6, 6.07) is 7.42. The van der Waals surface area contributed by atoms with E-state index in [9.17, 15) is 13.2 Å². The minimum Gasteiger partial charge on any atom is -0.290 e. The normalized spacial score (nSPS) is 12.1. The van der Waals surface area contributed by atoms with E-state index >= 15 is 0 Å². The molecule has 0 amide bonds. The molecule has 0 heterocycles. The zero-order valence-corrected chi connectivity index (χ0v) is 11.9. The molecular formula is C11H12ClF3IN. The van der Waals surface area contributed by atoms with Crippen LogP contribution in [0.15, 0.2) is 24.3 Å². The molecule has 0 aliphatic heterocycles. The molecule has 96 valence electrons. The second kappa shape index (κ2) is 6.80. The fourth-order valence-electron chi connectivity index (χ4n) is 1.44. The van der Waals surface area contributed by atoms with Crippen molar-refractivity contribution in [3.8, 4) is 0 Å². The van der Waals surface area contributed by atoms with Crippen LogP contribution in [0, 0.1) is 3.57 Å². The van der Waals surface area contributed by atoms with Gasteiger partial charge in [0.15, 0.2) is 0 Å². The third-order valence-corrected chi connectivity index (χ3v) is 3.01. The summed E-state index contributed by atoms with van der Waals surface area (Å²) in [5.74, 6) is 0.195. The largest absolute Gasteiger partial charge is 0.401 e. The Labute approximate surface area is 117 Å². The molecule has 0 spiro atoms. The number of nitrogens with zero attached hydrogens (tertiary/aromatic N) is 1. The Morgan fingerprint density at radius 2 is 1.76 bits per heavy atom. The lowest BCUT2D eigenvalue weighted by Gasteiger charge is -2.22. The van der Waals surface area contributed by atoms with Gasteiger partial charge in [-0.3, -0.25) is 4.90 Å². The van der Waals surface area contributed by atoms with Gasteiger partial charge in [-0.25, -0.2) is 0 Å². The van der Waals surface area contributed by atoms with E-state index in [4.69, 9.17) is 11.6 Å². The van der Waals surface area contributed by atoms with Gasteiger partial charge in [-0.1, -0.05) is 12.1 Å². The van der Waals surface area contributed by atoms with Crippen molar-refractivity contribution >= 4 is 34.2 Å². The van der Waals surface area contributed by atoms with Crippen molar-refractivity contribution in [1.82, 2.24) is 4.90 Å². The van der Waals surface area contributed by atoms with Crippen LogP contribution in [0.3, 0.4) is 0 Å². The maximum Gasteiger partial charge on any atom is 0.401 e. The number of halogens is 5. The molecule has 0 radical (unpaired) electrons. The van der Waals surface area contributed by atoms with Crippen LogP contribution in [0.5, 0.6) is 0 Å². The molecule has 0 atom stereocenters. The van der Waals surface area contributed by atoms with Gasteiger partial charge in [0, 0.05) is 22.5 Å². The van der Waals surface area contributed by atoms with Gasteiger partial charge >= 0.3 is 6.18 Å². The first-order chi connectivity index (χ1) is 7.90. The van der Waals surface area contributed by atoms with E-state index in [1.54, 1.807) is 0 Å². The molecule has 0 unspecified atom stereocenters. The zero-order valence-electron chi connectivity index (χ0n) is 8.97. The lowest BCUT2D eigenvalue weighted by atomic mass is 10.2. The fourth-order valence-corrected chi connectivity index (χ4v) is 2.03. The van der Waals surface area contributed by atoms with Crippen molar-refractivity contribution in [1.29, 1.82) is 0 Å². The molecule has 1 rings (SSSR count). The van der Waals surface area contributed by atoms with Gasteiger partial charge in [0.2, 0.25) is 0 Å². The van der Waals surface area contributed by atoms with Gasteiger partial charge in [0.1, 0.15) is 0 Å². The summed E-state index contributed by atoms with van der Waals surface area (Å²) in [7, 11) is 0. The third-order valence-electron chi connectivity index (χ3n) is 2.12. The quantitative estimate of drug-likeness (QED) is 0.556. The Bertz CT molecular complexity index is 340. The van der Waals surface area contributed by atoms with Crippen molar-refractivity contribution < 1.29 is 13.2 Å². The van der Waals surface area contributed by atoms with Crippen LogP contribution in [-0.2, 0) is 6.54 Å². The maximum absolute atomic E-state index is 12.3. The Kier molecular flexibility index (Phi) is 6.02. The van der Waals surface area contributed by atoms with Crippen molar-refractivity contribution in [2.24, 2.45) is 0 Å². The molecule has 0 bridgehead atoms. The van der Waals surface area contributed by atoms with Gasteiger partial charge in [-0.2, -0.15) is 13.2 Å². The van der Waals surface area contributed by atoms with Gasteiger partial charge < -0.3 is 0 Å². The highest BCUT2D eigenvalue weighted by molar-refractivity contribution is 14.1. The molecule has 0 fully saturated rings. The van der Waals surface area contributed by atoms with Gasteiger partial charge in [0.25, 0.3) is 0 Å². The van der Waals surface area contributed by atoms with Crippen LogP contribution >= 0.6 is 34.2 Å². The van der Waals surface area contributed by atoms with Crippen LogP contribution in [0.25, 0.3) is 0 Å². The number of alkyl halides is 4. The smallest absolute Gasteiger partial charge is 0.290 e. The lowest BCUT2D eigenvalue weighted by Crippen LogP contribution is -2.35. The van der Waals surface area contributed by atoms with Crippen LogP contribution in [0.4, 0.5) is 13.2 Å². The van der Waals surface area contributed by atoms with E-state index in [2.05, 4.69) is 22.6 Å². The van der Waals surface area contributed by atoms with Crippen LogP contribution < -0.4 is 0 Å². The molecule has 6 heteroatoms. The molecule has 0 saturated carbocycles. The number of rotatable bonds is 5. The topological polar surface area (TPSA) is 3.24 Å². The molecule has 0 aromatic heterocycles. The third kappa shape index (κ3) is 6.47. The highest BCUT2D eigenvalue weighted by atomic mass is 127. The molecule has 0 saturated heterocycles. The van der Waals surface area contributed by atoms with E-state index in [0.717, 1.165) is 9.13 Å². The molecule has 1 nitrogen and oxygen atoms in total. The number of hydrogen-bond donors (Lipinski definition) is 0. The summed E-state index contributed by atoms with van der Waals surface area (Å²) in [4.78, 5) is 1.30. The second-order valence-electron chi connectivity index (χ2n) is 3.64. The second-order valence-corrected chi connectivity index (χ2v) is 5.26. The standard InChI is InChI=1S/C11H12ClF3IN/c12-5-6-17(8-11(13,14)15)7-9-1-3-10(16)4-2-9/h1-4H,5-8H2. The average molecular weight is 378 g/mol. The molecule has 0 aliphatic carbocycles. The summed E-state index contributed by atoms with van der Waals surface area (Å²) in [5.41, 5.74) is 0.861. The van der Waals surface area contributed by atoms with Crippen LogP contribution in [0.2, 0.25) is 0 Å². The average Bonchev–Trinajstić information content (AvgIpc) is 2.19. The SMILES string of the molecule is FC(F)(F)CN(CCCl)Cc1ccc(I)cc1. The predicted octanol–water partition coefficient (Wildman–Crippen LogP) is 3.89. The van der Waals surface area contributed by atoms with Crippen molar-refractivity contribution in [2.45, 2.75) is 12.7 Å². The minimum absolute atomic E-state index is 0.195. The summed E-state index contributed by atoms with van der Waals surface area (Å²) in [6.45, 7) is -0.429. The highest BCUT2D eigenvalue weighted by Gasteiger charge is 2.30. The first-order valence-corrected chi connectivity index (χ1v) is 6.61. The Balaban J connectivity index is 2.63. The summed E-state index contributed by atoms with van der Waals surface area (Å²) in [5, 5.41) is 0.